The van der Waals surface area contributed by atoms with E-state index in [0.717, 1.165) is 20.5 Å². The second-order valence-corrected chi connectivity index (χ2v) is 6.98. The van der Waals surface area contributed by atoms with E-state index in [-0.39, 0.29) is 5.91 Å². The molecule has 106 valence electrons. The number of carbonyl (C=O) groups excluding carboxylic acids is 1. The number of benzene rings is 1. The lowest BCUT2D eigenvalue weighted by atomic mass is 10.1. The number of aryl methyl sites for hydroxylation is 1. The molecule has 6 heteroatoms. The van der Waals surface area contributed by atoms with E-state index < -0.39 is 0 Å². The van der Waals surface area contributed by atoms with Crippen molar-refractivity contribution in [3.63, 3.8) is 0 Å². The fourth-order valence-electron chi connectivity index (χ4n) is 1.89. The number of hydrogen-bond donors (Lipinski definition) is 1. The van der Waals surface area contributed by atoms with Crippen molar-refractivity contribution in [3.05, 3.63) is 57.2 Å². The van der Waals surface area contributed by atoms with Crippen molar-refractivity contribution in [3.8, 4) is 10.6 Å². The number of carbonyl (C=O) groups is 1. The number of aromatic nitrogens is 1. The van der Waals surface area contributed by atoms with Gasteiger partial charge in [-0.2, -0.15) is 0 Å². The molecule has 21 heavy (non-hydrogen) atoms. The van der Waals surface area contributed by atoms with Crippen molar-refractivity contribution in [2.24, 2.45) is 0 Å². The van der Waals surface area contributed by atoms with Gasteiger partial charge in [-0.05, 0) is 30.7 Å². The van der Waals surface area contributed by atoms with E-state index in [1.807, 2.05) is 42.6 Å². The summed E-state index contributed by atoms with van der Waals surface area (Å²) in [6.07, 6.45) is 0. The van der Waals surface area contributed by atoms with Crippen LogP contribution in [-0.2, 0) is 0 Å². The van der Waals surface area contributed by atoms with Crippen molar-refractivity contribution >= 4 is 45.3 Å². The highest BCUT2D eigenvalue weighted by atomic mass is 35.5. The summed E-state index contributed by atoms with van der Waals surface area (Å²) in [4.78, 5) is 17.6. The number of thiophene rings is 1. The zero-order valence-electron chi connectivity index (χ0n) is 11.1. The van der Waals surface area contributed by atoms with Crippen LogP contribution in [0.3, 0.4) is 0 Å². The first-order valence-electron chi connectivity index (χ1n) is 6.22. The molecule has 1 amide bonds. The lowest BCUT2D eigenvalue weighted by Gasteiger charge is -2.04. The first-order chi connectivity index (χ1) is 10.1. The number of nitrogens with one attached hydrogen (secondary N) is 1. The van der Waals surface area contributed by atoms with Crippen molar-refractivity contribution in [2.75, 3.05) is 5.32 Å². The third-order valence-electron chi connectivity index (χ3n) is 2.94. The minimum Gasteiger partial charge on any atom is -0.298 e. The largest absolute Gasteiger partial charge is 0.298 e. The minimum absolute atomic E-state index is 0.141. The Morgan fingerprint density at radius 3 is 2.76 bits per heavy atom. The summed E-state index contributed by atoms with van der Waals surface area (Å²) >= 11 is 8.80. The zero-order valence-corrected chi connectivity index (χ0v) is 13.5. The SMILES string of the molecule is Cc1ccccc1C(=O)Nc1nc(-c2ccc(Cl)s2)cs1. The van der Waals surface area contributed by atoms with Crippen LogP contribution < -0.4 is 5.32 Å². The van der Waals surface area contributed by atoms with Gasteiger partial charge in [-0.1, -0.05) is 29.8 Å². The maximum absolute atomic E-state index is 12.2. The first kappa shape index (κ1) is 14.3. The molecule has 0 aliphatic heterocycles. The van der Waals surface area contributed by atoms with E-state index in [0.29, 0.717) is 10.7 Å². The molecule has 0 saturated carbocycles. The fraction of sp³-hybridized carbons (Fsp3) is 0.0667. The summed E-state index contributed by atoms with van der Waals surface area (Å²) < 4.78 is 0.725. The van der Waals surface area contributed by atoms with Gasteiger partial charge in [-0.3, -0.25) is 10.1 Å². The van der Waals surface area contributed by atoms with Crippen LogP contribution in [0.5, 0.6) is 0 Å². The highest BCUT2D eigenvalue weighted by Gasteiger charge is 2.12. The third-order valence-corrected chi connectivity index (χ3v) is 4.95. The lowest BCUT2D eigenvalue weighted by molar-refractivity contribution is 0.102. The Balaban J connectivity index is 1.79. The van der Waals surface area contributed by atoms with Crippen molar-refractivity contribution in [2.45, 2.75) is 6.92 Å². The second kappa shape index (κ2) is 5.97. The molecule has 0 bridgehead atoms. The minimum atomic E-state index is -0.141. The average Bonchev–Trinajstić information content (AvgIpc) is 3.08. The van der Waals surface area contributed by atoms with Gasteiger partial charge < -0.3 is 0 Å². The van der Waals surface area contributed by atoms with Crippen LogP contribution in [0, 0.1) is 6.92 Å². The van der Waals surface area contributed by atoms with E-state index in [1.54, 1.807) is 6.07 Å². The molecule has 1 aromatic carbocycles. The Kier molecular flexibility index (Phi) is 4.05. The normalized spacial score (nSPS) is 10.6. The number of nitrogens with zero attached hydrogens (tertiary/aromatic N) is 1. The van der Waals surface area contributed by atoms with Crippen LogP contribution in [-0.4, -0.2) is 10.9 Å². The summed E-state index contributed by atoms with van der Waals surface area (Å²) in [5.41, 5.74) is 2.43. The van der Waals surface area contributed by atoms with Gasteiger partial charge in [0.2, 0.25) is 0 Å². The van der Waals surface area contributed by atoms with Gasteiger partial charge in [0.25, 0.3) is 5.91 Å². The van der Waals surface area contributed by atoms with Crippen molar-refractivity contribution < 1.29 is 4.79 Å². The molecule has 3 rings (SSSR count). The fourth-order valence-corrected chi connectivity index (χ4v) is 3.67. The molecule has 2 aromatic heterocycles. The smallest absolute Gasteiger partial charge is 0.257 e. The molecule has 0 saturated heterocycles. The van der Waals surface area contributed by atoms with E-state index in [2.05, 4.69) is 10.3 Å². The molecule has 0 spiro atoms. The number of amides is 1. The van der Waals surface area contributed by atoms with E-state index in [4.69, 9.17) is 11.6 Å². The zero-order chi connectivity index (χ0) is 14.8. The summed E-state index contributed by atoms with van der Waals surface area (Å²) in [6, 6.07) is 11.2. The third kappa shape index (κ3) is 3.15. The van der Waals surface area contributed by atoms with E-state index in [1.165, 1.54) is 22.7 Å². The summed E-state index contributed by atoms with van der Waals surface area (Å²) in [5.74, 6) is -0.141. The van der Waals surface area contributed by atoms with Gasteiger partial charge in [-0.25, -0.2) is 4.98 Å². The first-order valence-corrected chi connectivity index (χ1v) is 8.29. The molecule has 3 aromatic rings. The molecule has 2 heterocycles. The van der Waals surface area contributed by atoms with Crippen LogP contribution in [0.15, 0.2) is 41.8 Å². The highest BCUT2D eigenvalue weighted by molar-refractivity contribution is 7.20. The summed E-state index contributed by atoms with van der Waals surface area (Å²) in [7, 11) is 0. The lowest BCUT2D eigenvalue weighted by Crippen LogP contribution is -2.12. The van der Waals surface area contributed by atoms with E-state index >= 15 is 0 Å². The standard InChI is InChI=1S/C15H11ClN2OS2/c1-9-4-2-3-5-10(9)14(19)18-15-17-11(8-20-15)12-6-7-13(16)21-12/h2-8H,1H3,(H,17,18,19). The van der Waals surface area contributed by atoms with Crippen molar-refractivity contribution in [1.82, 2.24) is 4.98 Å². The Labute approximate surface area is 135 Å². The molecule has 3 nitrogen and oxygen atoms in total. The molecule has 0 fully saturated rings. The Bertz CT molecular complexity index is 794. The van der Waals surface area contributed by atoms with Crippen LogP contribution in [0.2, 0.25) is 4.34 Å². The molecular formula is C15H11ClN2OS2. The molecule has 0 aliphatic rings. The summed E-state index contributed by atoms with van der Waals surface area (Å²) in [5, 5.41) is 5.33. The van der Waals surface area contributed by atoms with Gasteiger partial charge >= 0.3 is 0 Å². The molecule has 0 radical (unpaired) electrons. The van der Waals surface area contributed by atoms with Gasteiger partial charge in [0, 0.05) is 10.9 Å². The highest BCUT2D eigenvalue weighted by Crippen LogP contribution is 2.32. The van der Waals surface area contributed by atoms with E-state index in [9.17, 15) is 4.79 Å². The average molecular weight is 335 g/mol. The number of halogens is 1. The maximum Gasteiger partial charge on any atom is 0.257 e. The van der Waals surface area contributed by atoms with Crippen molar-refractivity contribution in [1.29, 1.82) is 0 Å². The topological polar surface area (TPSA) is 42.0 Å². The molecule has 0 unspecified atom stereocenters. The molecular weight excluding hydrogens is 324 g/mol. The van der Waals surface area contributed by atoms with Crippen LogP contribution in [0.4, 0.5) is 5.13 Å². The van der Waals surface area contributed by atoms with Gasteiger partial charge in [-0.15, -0.1) is 22.7 Å². The van der Waals surface area contributed by atoms with Crippen LogP contribution in [0.1, 0.15) is 15.9 Å². The van der Waals surface area contributed by atoms with Gasteiger partial charge in [0.15, 0.2) is 5.13 Å². The summed E-state index contributed by atoms with van der Waals surface area (Å²) in [6.45, 7) is 1.91. The number of anilines is 1. The number of hydrogen-bond acceptors (Lipinski definition) is 4. The van der Waals surface area contributed by atoms with Gasteiger partial charge in [0.05, 0.1) is 14.9 Å². The maximum atomic E-state index is 12.2. The Hall–Kier alpha value is -1.69. The monoisotopic (exact) mass is 334 g/mol. The van der Waals surface area contributed by atoms with Crippen LogP contribution >= 0.6 is 34.3 Å². The number of rotatable bonds is 3. The molecule has 0 aliphatic carbocycles. The predicted molar refractivity (Wildman–Crippen MR) is 89.6 cm³/mol. The Morgan fingerprint density at radius 1 is 1.24 bits per heavy atom. The molecule has 1 N–H and O–H groups in total. The number of thiazole rings is 1. The van der Waals surface area contributed by atoms with Gasteiger partial charge in [0.1, 0.15) is 0 Å². The quantitative estimate of drug-likeness (QED) is 0.725. The van der Waals surface area contributed by atoms with Crippen LogP contribution in [0.25, 0.3) is 10.6 Å². The molecule has 0 atom stereocenters. The Morgan fingerprint density at radius 2 is 2.05 bits per heavy atom. The predicted octanol–water partition coefficient (Wildman–Crippen LogP) is 5.09. The second-order valence-electron chi connectivity index (χ2n) is 4.41.